The number of furan rings is 1. The Hall–Kier alpha value is -2.57. The largest absolute Gasteiger partial charge is 0.459 e. The lowest BCUT2D eigenvalue weighted by atomic mass is 9.92. The molecular weight excluding hydrogens is 308 g/mol. The molecule has 2 aromatic rings. The number of amides is 2. The van der Waals surface area contributed by atoms with Gasteiger partial charge in [0.1, 0.15) is 5.82 Å². The number of anilines is 1. The molecule has 0 aromatic carbocycles. The van der Waals surface area contributed by atoms with E-state index in [1.54, 1.807) is 25.2 Å². The highest BCUT2D eigenvalue weighted by molar-refractivity contribution is 6.02. The number of nitrogens with zero attached hydrogens (tertiary/aromatic N) is 3. The summed E-state index contributed by atoms with van der Waals surface area (Å²) < 4.78 is 6.55. The number of rotatable bonds is 3. The Morgan fingerprint density at radius 3 is 2.62 bits per heavy atom. The Labute approximate surface area is 140 Å². The summed E-state index contributed by atoms with van der Waals surface area (Å²) in [6, 6.07) is 4.83. The minimum atomic E-state index is -0.373. The molecule has 1 saturated heterocycles. The number of aryl methyl sites for hydroxylation is 1. The molecule has 0 bridgehead atoms. The van der Waals surface area contributed by atoms with Crippen molar-refractivity contribution in [2.75, 3.05) is 18.4 Å². The molecule has 1 fully saturated rings. The van der Waals surface area contributed by atoms with E-state index in [1.165, 1.54) is 10.9 Å². The molecule has 0 saturated carbocycles. The third-order valence-electron chi connectivity index (χ3n) is 4.24. The van der Waals surface area contributed by atoms with Gasteiger partial charge in [0.15, 0.2) is 11.5 Å². The van der Waals surface area contributed by atoms with Crippen LogP contribution in [0.4, 0.5) is 5.82 Å². The quantitative estimate of drug-likeness (QED) is 0.937. The van der Waals surface area contributed by atoms with E-state index in [-0.39, 0.29) is 17.6 Å². The summed E-state index contributed by atoms with van der Waals surface area (Å²) in [5.41, 5.74) is 0.341. The van der Waals surface area contributed by atoms with Crippen molar-refractivity contribution in [1.82, 2.24) is 14.7 Å². The maximum Gasteiger partial charge on any atom is 0.292 e. The third-order valence-corrected chi connectivity index (χ3v) is 4.24. The van der Waals surface area contributed by atoms with Crippen LogP contribution in [0.3, 0.4) is 0 Å². The normalized spacial score (nSPS) is 20.9. The fourth-order valence-electron chi connectivity index (χ4n) is 3.27. The van der Waals surface area contributed by atoms with Gasteiger partial charge >= 0.3 is 0 Å². The molecule has 2 unspecified atom stereocenters. The number of hydrogen-bond donors (Lipinski definition) is 1. The molecule has 0 radical (unpaired) electrons. The SMILES string of the molecule is CC1CC(C)CN(C(=O)c2cc(NC(=O)c3ccco3)n(C)n2)C1. The van der Waals surface area contributed by atoms with E-state index in [1.807, 2.05) is 4.90 Å². The first-order valence-corrected chi connectivity index (χ1v) is 8.12. The van der Waals surface area contributed by atoms with Crippen LogP contribution < -0.4 is 5.32 Å². The van der Waals surface area contributed by atoms with E-state index >= 15 is 0 Å². The summed E-state index contributed by atoms with van der Waals surface area (Å²) >= 11 is 0. The highest BCUT2D eigenvalue weighted by atomic mass is 16.3. The van der Waals surface area contributed by atoms with Gasteiger partial charge in [-0.2, -0.15) is 5.10 Å². The summed E-state index contributed by atoms with van der Waals surface area (Å²) in [6.07, 6.45) is 2.57. The lowest BCUT2D eigenvalue weighted by Gasteiger charge is -2.34. The van der Waals surface area contributed by atoms with Crippen LogP contribution >= 0.6 is 0 Å². The van der Waals surface area contributed by atoms with Gasteiger partial charge in [0, 0.05) is 26.2 Å². The zero-order chi connectivity index (χ0) is 17.3. The highest BCUT2D eigenvalue weighted by Crippen LogP contribution is 2.23. The van der Waals surface area contributed by atoms with E-state index in [4.69, 9.17) is 4.42 Å². The number of aromatic nitrogens is 2. The predicted octanol–water partition coefficient (Wildman–Crippen LogP) is 2.38. The summed E-state index contributed by atoms with van der Waals surface area (Å²) in [5, 5.41) is 6.96. The molecule has 1 aliphatic rings. The Morgan fingerprint density at radius 2 is 2.00 bits per heavy atom. The Bertz CT molecular complexity index is 725. The molecule has 7 heteroatoms. The topological polar surface area (TPSA) is 80.4 Å². The van der Waals surface area contributed by atoms with Gasteiger partial charge in [-0.15, -0.1) is 0 Å². The molecule has 1 N–H and O–H groups in total. The first-order valence-electron chi connectivity index (χ1n) is 8.12. The van der Waals surface area contributed by atoms with Crippen LogP contribution in [0.1, 0.15) is 41.3 Å². The highest BCUT2D eigenvalue weighted by Gasteiger charge is 2.28. The summed E-state index contributed by atoms with van der Waals surface area (Å²) in [5.74, 6) is 1.17. The van der Waals surface area contributed by atoms with Crippen molar-refractivity contribution in [1.29, 1.82) is 0 Å². The van der Waals surface area contributed by atoms with Crippen molar-refractivity contribution in [2.45, 2.75) is 20.3 Å². The molecule has 3 rings (SSSR count). The summed E-state index contributed by atoms with van der Waals surface area (Å²) in [6.45, 7) is 5.80. The number of nitrogens with one attached hydrogen (secondary N) is 1. The van der Waals surface area contributed by atoms with Gasteiger partial charge in [0.05, 0.1) is 6.26 Å². The summed E-state index contributed by atoms with van der Waals surface area (Å²) in [7, 11) is 1.69. The average molecular weight is 330 g/mol. The smallest absolute Gasteiger partial charge is 0.292 e. The van der Waals surface area contributed by atoms with Crippen LogP contribution in [-0.2, 0) is 7.05 Å². The van der Waals surface area contributed by atoms with E-state index in [2.05, 4.69) is 24.3 Å². The molecule has 24 heavy (non-hydrogen) atoms. The standard InChI is InChI=1S/C17H22N4O3/c1-11-7-12(2)10-21(9-11)17(23)13-8-15(20(3)19-13)18-16(22)14-5-4-6-24-14/h4-6,8,11-12H,7,9-10H2,1-3H3,(H,18,22). The number of hydrogen-bond acceptors (Lipinski definition) is 4. The molecule has 0 spiro atoms. The fourth-order valence-corrected chi connectivity index (χ4v) is 3.27. The van der Waals surface area contributed by atoms with E-state index in [0.717, 1.165) is 19.5 Å². The van der Waals surface area contributed by atoms with Crippen LogP contribution in [0.15, 0.2) is 28.9 Å². The minimum absolute atomic E-state index is 0.0949. The lowest BCUT2D eigenvalue weighted by Crippen LogP contribution is -2.42. The van der Waals surface area contributed by atoms with Crippen LogP contribution in [0.5, 0.6) is 0 Å². The molecule has 128 valence electrons. The van der Waals surface area contributed by atoms with Crippen molar-refractivity contribution >= 4 is 17.6 Å². The van der Waals surface area contributed by atoms with Crippen LogP contribution in [0, 0.1) is 11.8 Å². The summed E-state index contributed by atoms with van der Waals surface area (Å²) in [4.78, 5) is 26.6. The van der Waals surface area contributed by atoms with E-state index in [9.17, 15) is 9.59 Å². The number of carbonyl (C=O) groups excluding carboxylic acids is 2. The fraction of sp³-hybridized carbons (Fsp3) is 0.471. The maximum absolute atomic E-state index is 12.7. The van der Waals surface area contributed by atoms with Gasteiger partial charge in [-0.3, -0.25) is 14.3 Å². The Morgan fingerprint density at radius 1 is 1.29 bits per heavy atom. The van der Waals surface area contributed by atoms with Crippen molar-refractivity contribution in [3.8, 4) is 0 Å². The van der Waals surface area contributed by atoms with Crippen LogP contribution in [0.2, 0.25) is 0 Å². The first-order chi connectivity index (χ1) is 11.4. The van der Waals surface area contributed by atoms with E-state index < -0.39 is 0 Å². The van der Waals surface area contributed by atoms with Crippen molar-refractivity contribution < 1.29 is 14.0 Å². The Kier molecular flexibility index (Phi) is 4.42. The lowest BCUT2D eigenvalue weighted by molar-refractivity contribution is 0.0616. The second-order valence-electron chi connectivity index (χ2n) is 6.63. The van der Waals surface area contributed by atoms with E-state index in [0.29, 0.717) is 23.3 Å². The van der Waals surface area contributed by atoms with Gasteiger partial charge in [-0.1, -0.05) is 13.8 Å². The van der Waals surface area contributed by atoms with Gasteiger partial charge in [-0.05, 0) is 30.4 Å². The number of likely N-dealkylation sites (tertiary alicyclic amines) is 1. The molecule has 2 aromatic heterocycles. The van der Waals surface area contributed by atoms with Gasteiger partial charge in [0.2, 0.25) is 0 Å². The third kappa shape index (κ3) is 3.34. The van der Waals surface area contributed by atoms with Crippen molar-refractivity contribution in [2.24, 2.45) is 18.9 Å². The molecule has 7 nitrogen and oxygen atoms in total. The first kappa shape index (κ1) is 16.3. The number of carbonyl (C=O) groups is 2. The molecule has 0 aliphatic carbocycles. The molecule has 3 heterocycles. The van der Waals surface area contributed by atoms with Gasteiger partial charge in [-0.25, -0.2) is 0 Å². The molecular formula is C17H22N4O3. The second kappa shape index (κ2) is 6.51. The van der Waals surface area contributed by atoms with Crippen LogP contribution in [-0.4, -0.2) is 39.6 Å². The molecule has 2 atom stereocenters. The molecule has 2 amide bonds. The Balaban J connectivity index is 1.73. The second-order valence-corrected chi connectivity index (χ2v) is 6.63. The minimum Gasteiger partial charge on any atom is -0.459 e. The zero-order valence-corrected chi connectivity index (χ0v) is 14.2. The van der Waals surface area contributed by atoms with Gasteiger partial charge < -0.3 is 14.6 Å². The van der Waals surface area contributed by atoms with Crippen molar-refractivity contribution in [3.05, 3.63) is 35.9 Å². The molecule has 1 aliphatic heterocycles. The van der Waals surface area contributed by atoms with Crippen LogP contribution in [0.25, 0.3) is 0 Å². The predicted molar refractivity (Wildman–Crippen MR) is 88.7 cm³/mol. The zero-order valence-electron chi connectivity index (χ0n) is 14.2. The maximum atomic E-state index is 12.7. The number of piperidine rings is 1. The monoisotopic (exact) mass is 330 g/mol. The average Bonchev–Trinajstić information content (AvgIpc) is 3.16. The van der Waals surface area contributed by atoms with Gasteiger partial charge in [0.25, 0.3) is 11.8 Å². The van der Waals surface area contributed by atoms with Crippen molar-refractivity contribution in [3.63, 3.8) is 0 Å².